The molecule has 0 rings (SSSR count). The van der Waals surface area contributed by atoms with Crippen LogP contribution in [-0.2, 0) is 28.2 Å². The van der Waals surface area contributed by atoms with Gasteiger partial charge in [0.05, 0.1) is 6.61 Å². The lowest BCUT2D eigenvalue weighted by Crippen LogP contribution is -2.29. The fraction of sp³-hybridized carbons (Fsp3) is 0.842. The summed E-state index contributed by atoms with van der Waals surface area (Å²) in [6.07, 6.45) is 38.0. The number of hydrogen-bond acceptors (Lipinski definition) is 6. The molecular formula is C38H71O8P. The van der Waals surface area contributed by atoms with Crippen molar-refractivity contribution in [2.24, 2.45) is 0 Å². The molecule has 1 unspecified atom stereocenters. The van der Waals surface area contributed by atoms with E-state index in [4.69, 9.17) is 19.3 Å². The van der Waals surface area contributed by atoms with Crippen LogP contribution in [0.2, 0.25) is 0 Å². The summed E-state index contributed by atoms with van der Waals surface area (Å²) in [7, 11) is -4.74. The van der Waals surface area contributed by atoms with Crippen LogP contribution in [0, 0.1) is 0 Å². The summed E-state index contributed by atoms with van der Waals surface area (Å²) in [6, 6.07) is 0. The highest BCUT2D eigenvalue weighted by molar-refractivity contribution is 7.46. The molecule has 0 saturated carbocycles. The van der Waals surface area contributed by atoms with Gasteiger partial charge in [-0.3, -0.25) is 14.1 Å². The standard InChI is InChI=1S/C38H71O8P/c1-3-5-7-9-11-12-13-14-15-16-17-18-19-20-21-22-23-24-25-26-27-29-31-33-38(40)46-36(35-45-47(41,42)43)34-44-37(39)32-30-28-10-8-6-4-2/h13-14,16-17,36H,3-12,15,18-35H2,1-2H3,(H2,41,42,43)/b14-13-,17-16-. The fourth-order valence-corrected chi connectivity index (χ4v) is 5.70. The van der Waals surface area contributed by atoms with Crippen molar-refractivity contribution >= 4 is 19.8 Å². The van der Waals surface area contributed by atoms with Crippen molar-refractivity contribution in [1.29, 1.82) is 0 Å². The molecule has 1 atom stereocenters. The number of phosphoric ester groups is 1. The van der Waals surface area contributed by atoms with Gasteiger partial charge in [0.25, 0.3) is 0 Å². The van der Waals surface area contributed by atoms with Gasteiger partial charge in [-0.15, -0.1) is 0 Å². The lowest BCUT2D eigenvalue weighted by atomic mass is 10.0. The Morgan fingerprint density at radius 2 is 0.957 bits per heavy atom. The van der Waals surface area contributed by atoms with Crippen LogP contribution in [0.3, 0.4) is 0 Å². The summed E-state index contributed by atoms with van der Waals surface area (Å²) in [4.78, 5) is 42.4. The molecule has 0 radical (unpaired) electrons. The Labute approximate surface area is 288 Å². The van der Waals surface area contributed by atoms with Gasteiger partial charge in [0.1, 0.15) is 6.61 Å². The molecular weight excluding hydrogens is 615 g/mol. The molecule has 0 bridgehead atoms. The van der Waals surface area contributed by atoms with Crippen molar-refractivity contribution in [2.45, 2.75) is 193 Å². The molecule has 0 fully saturated rings. The second-order valence-electron chi connectivity index (χ2n) is 12.9. The molecule has 0 aromatic rings. The van der Waals surface area contributed by atoms with Gasteiger partial charge in [-0.05, 0) is 44.9 Å². The summed E-state index contributed by atoms with van der Waals surface area (Å²) in [5.74, 6) is -0.893. The van der Waals surface area contributed by atoms with E-state index in [1.165, 1.54) is 96.3 Å². The lowest BCUT2D eigenvalue weighted by molar-refractivity contribution is -0.161. The van der Waals surface area contributed by atoms with Crippen LogP contribution < -0.4 is 0 Å². The molecule has 0 aliphatic rings. The quantitative estimate of drug-likeness (QED) is 0.0292. The number of allylic oxidation sites excluding steroid dienone is 4. The maximum absolute atomic E-state index is 12.3. The van der Waals surface area contributed by atoms with Gasteiger partial charge in [0, 0.05) is 12.8 Å². The van der Waals surface area contributed by atoms with E-state index in [9.17, 15) is 14.2 Å². The molecule has 0 aromatic heterocycles. The molecule has 0 aliphatic heterocycles. The van der Waals surface area contributed by atoms with Crippen molar-refractivity contribution in [3.63, 3.8) is 0 Å². The van der Waals surface area contributed by atoms with Gasteiger partial charge >= 0.3 is 19.8 Å². The van der Waals surface area contributed by atoms with E-state index < -0.39 is 32.5 Å². The molecule has 0 spiro atoms. The van der Waals surface area contributed by atoms with Crippen LogP contribution in [0.1, 0.15) is 187 Å². The van der Waals surface area contributed by atoms with Crippen LogP contribution in [0.5, 0.6) is 0 Å². The molecule has 0 amide bonds. The Morgan fingerprint density at radius 3 is 1.40 bits per heavy atom. The number of rotatable bonds is 35. The summed E-state index contributed by atoms with van der Waals surface area (Å²) >= 11 is 0. The molecule has 47 heavy (non-hydrogen) atoms. The van der Waals surface area contributed by atoms with E-state index >= 15 is 0 Å². The highest BCUT2D eigenvalue weighted by Crippen LogP contribution is 2.36. The predicted octanol–water partition coefficient (Wildman–Crippen LogP) is 11.2. The Kier molecular flexibility index (Phi) is 33.3. The van der Waals surface area contributed by atoms with Crippen molar-refractivity contribution in [3.8, 4) is 0 Å². The van der Waals surface area contributed by atoms with Crippen LogP contribution in [0.4, 0.5) is 0 Å². The van der Waals surface area contributed by atoms with Gasteiger partial charge in [0.15, 0.2) is 6.10 Å². The molecule has 2 N–H and O–H groups in total. The van der Waals surface area contributed by atoms with Gasteiger partial charge in [-0.25, -0.2) is 4.57 Å². The Morgan fingerprint density at radius 1 is 0.553 bits per heavy atom. The Balaban J connectivity index is 3.79. The number of esters is 2. The number of carbonyl (C=O) groups excluding carboxylic acids is 2. The van der Waals surface area contributed by atoms with E-state index in [0.717, 1.165) is 57.8 Å². The number of phosphoric acid groups is 1. The zero-order valence-electron chi connectivity index (χ0n) is 30.2. The molecule has 0 heterocycles. The minimum atomic E-state index is -4.74. The number of hydrogen-bond donors (Lipinski definition) is 2. The van der Waals surface area contributed by atoms with Crippen molar-refractivity contribution in [2.75, 3.05) is 13.2 Å². The average Bonchev–Trinajstić information content (AvgIpc) is 3.04. The number of ether oxygens (including phenoxy) is 2. The van der Waals surface area contributed by atoms with E-state index in [1.807, 2.05) is 0 Å². The first-order valence-corrected chi connectivity index (χ1v) is 20.7. The molecule has 0 aliphatic carbocycles. The third-order valence-corrected chi connectivity index (χ3v) is 8.71. The van der Waals surface area contributed by atoms with Crippen LogP contribution in [-0.4, -0.2) is 41.0 Å². The van der Waals surface area contributed by atoms with Gasteiger partial charge in [0.2, 0.25) is 0 Å². The van der Waals surface area contributed by atoms with E-state index in [2.05, 4.69) is 42.7 Å². The molecule has 276 valence electrons. The Bertz CT molecular complexity index is 823. The molecule has 8 nitrogen and oxygen atoms in total. The first kappa shape index (κ1) is 45.5. The first-order valence-electron chi connectivity index (χ1n) is 19.1. The van der Waals surface area contributed by atoms with Gasteiger partial charge < -0.3 is 19.3 Å². The van der Waals surface area contributed by atoms with Crippen LogP contribution >= 0.6 is 7.82 Å². The summed E-state index contributed by atoms with van der Waals surface area (Å²) in [6.45, 7) is 3.59. The Hall–Kier alpha value is -1.47. The average molecular weight is 687 g/mol. The van der Waals surface area contributed by atoms with Crippen LogP contribution in [0.25, 0.3) is 0 Å². The van der Waals surface area contributed by atoms with Crippen molar-refractivity contribution < 1.29 is 37.9 Å². The summed E-state index contributed by atoms with van der Waals surface area (Å²) < 4.78 is 26.1. The zero-order valence-corrected chi connectivity index (χ0v) is 31.1. The largest absolute Gasteiger partial charge is 0.469 e. The second-order valence-corrected chi connectivity index (χ2v) is 14.1. The number of unbranched alkanes of at least 4 members (excludes halogenated alkanes) is 21. The maximum atomic E-state index is 12.3. The first-order chi connectivity index (χ1) is 22.8. The highest BCUT2D eigenvalue weighted by atomic mass is 31.2. The van der Waals surface area contributed by atoms with E-state index in [1.54, 1.807) is 0 Å². The smallest absolute Gasteiger partial charge is 0.462 e. The van der Waals surface area contributed by atoms with Crippen LogP contribution in [0.15, 0.2) is 24.3 Å². The van der Waals surface area contributed by atoms with Gasteiger partial charge in [-0.2, -0.15) is 0 Å². The summed E-state index contributed by atoms with van der Waals surface area (Å²) in [5.41, 5.74) is 0. The monoisotopic (exact) mass is 686 g/mol. The fourth-order valence-electron chi connectivity index (χ4n) is 5.34. The van der Waals surface area contributed by atoms with Crippen molar-refractivity contribution in [1.82, 2.24) is 0 Å². The maximum Gasteiger partial charge on any atom is 0.469 e. The SMILES string of the molecule is CCCCCCC/C=C\C/C=C\CCCCCCCCCCCCCC(=O)OC(COC(=O)CCCCCCCC)COP(=O)(O)O. The molecule has 0 aromatic carbocycles. The van der Waals surface area contributed by atoms with E-state index in [0.29, 0.717) is 6.42 Å². The molecule has 0 saturated heterocycles. The van der Waals surface area contributed by atoms with E-state index in [-0.39, 0.29) is 19.4 Å². The third-order valence-electron chi connectivity index (χ3n) is 8.22. The number of carbonyl (C=O) groups is 2. The zero-order chi connectivity index (χ0) is 34.7. The normalized spacial score (nSPS) is 12.7. The minimum absolute atomic E-state index is 0.212. The highest BCUT2D eigenvalue weighted by Gasteiger charge is 2.22. The molecule has 9 heteroatoms. The lowest BCUT2D eigenvalue weighted by Gasteiger charge is -2.18. The van der Waals surface area contributed by atoms with Crippen molar-refractivity contribution in [3.05, 3.63) is 24.3 Å². The third kappa shape index (κ3) is 37.2. The second kappa shape index (κ2) is 34.4. The predicted molar refractivity (Wildman–Crippen MR) is 193 cm³/mol. The topological polar surface area (TPSA) is 119 Å². The summed E-state index contributed by atoms with van der Waals surface area (Å²) in [5, 5.41) is 0. The van der Waals surface area contributed by atoms with Gasteiger partial charge in [-0.1, -0.05) is 154 Å². The minimum Gasteiger partial charge on any atom is -0.462 e.